The molecule has 0 saturated heterocycles. The van der Waals surface area contributed by atoms with E-state index in [0.29, 0.717) is 32.9 Å². The molecule has 174 valence electrons. The van der Waals surface area contributed by atoms with Gasteiger partial charge in [-0.25, -0.2) is 9.97 Å². The molecule has 0 radical (unpaired) electrons. The van der Waals surface area contributed by atoms with E-state index in [9.17, 15) is 4.79 Å². The van der Waals surface area contributed by atoms with Crippen LogP contribution >= 0.6 is 11.6 Å². The van der Waals surface area contributed by atoms with Crippen LogP contribution in [0.5, 0.6) is 0 Å². The van der Waals surface area contributed by atoms with Gasteiger partial charge in [-0.1, -0.05) is 35.9 Å². The lowest BCUT2D eigenvalue weighted by Crippen LogP contribution is -2.14. The number of carbonyl (C=O) groups excluding carboxylic acids is 1. The fourth-order valence-corrected chi connectivity index (χ4v) is 3.82. The van der Waals surface area contributed by atoms with E-state index in [-0.39, 0.29) is 11.4 Å². The highest BCUT2D eigenvalue weighted by atomic mass is 35.5. The molecule has 2 heterocycles. The first-order valence-corrected chi connectivity index (χ1v) is 11.2. The van der Waals surface area contributed by atoms with Crippen molar-refractivity contribution >= 4 is 63.1 Å². The van der Waals surface area contributed by atoms with Gasteiger partial charge in [0, 0.05) is 30.5 Å². The number of benzene rings is 3. The average molecular weight is 484 g/mol. The molecule has 0 fully saturated rings. The Labute approximate surface area is 206 Å². The predicted octanol–water partition coefficient (Wildman–Crippen LogP) is 5.02. The molecule has 35 heavy (non-hydrogen) atoms. The molecule has 0 atom stereocenters. The molecule has 2 aromatic heterocycles. The molecule has 0 unspecified atom stereocenters. The second-order valence-corrected chi connectivity index (χ2v) is 8.58. The molecular formula is C26H22ClN7O. The minimum absolute atomic E-state index is 0.142. The summed E-state index contributed by atoms with van der Waals surface area (Å²) in [5, 5.41) is 7.99. The second-order valence-electron chi connectivity index (χ2n) is 8.15. The summed E-state index contributed by atoms with van der Waals surface area (Å²) in [5.41, 5.74) is 11.3. The lowest BCUT2D eigenvalue weighted by molar-refractivity contribution is 0.102. The molecule has 3 aromatic carbocycles. The van der Waals surface area contributed by atoms with Crippen LogP contribution in [0.25, 0.3) is 22.2 Å². The van der Waals surface area contributed by atoms with Crippen LogP contribution in [0.2, 0.25) is 5.02 Å². The SMILES string of the molecule is CN(C)c1ccc(/C=N/n2c(N)c(C(=O)Nc3ccc(Cl)cc3)c3nc4ccccc4nc32)cc1. The molecule has 0 saturated carbocycles. The molecule has 0 aliphatic heterocycles. The number of rotatable bonds is 5. The third kappa shape index (κ3) is 4.39. The number of carbonyl (C=O) groups is 1. The van der Waals surface area contributed by atoms with Crippen molar-refractivity contribution in [3.05, 3.63) is 88.9 Å². The van der Waals surface area contributed by atoms with Crippen LogP contribution in [-0.4, -0.2) is 40.9 Å². The summed E-state index contributed by atoms with van der Waals surface area (Å²) >= 11 is 5.96. The minimum atomic E-state index is -0.413. The highest BCUT2D eigenvalue weighted by molar-refractivity contribution is 6.30. The Morgan fingerprint density at radius 1 is 1.00 bits per heavy atom. The van der Waals surface area contributed by atoms with E-state index >= 15 is 0 Å². The number of hydrogen-bond acceptors (Lipinski definition) is 6. The van der Waals surface area contributed by atoms with Gasteiger partial charge >= 0.3 is 0 Å². The van der Waals surface area contributed by atoms with Gasteiger partial charge in [0.15, 0.2) is 5.65 Å². The molecule has 8 nitrogen and oxygen atoms in total. The van der Waals surface area contributed by atoms with Gasteiger partial charge in [0.2, 0.25) is 0 Å². The molecule has 0 spiro atoms. The lowest BCUT2D eigenvalue weighted by atomic mass is 10.2. The first kappa shape index (κ1) is 22.4. The third-order valence-corrected chi connectivity index (χ3v) is 5.79. The van der Waals surface area contributed by atoms with E-state index in [2.05, 4.69) is 10.4 Å². The summed E-state index contributed by atoms with van der Waals surface area (Å²) in [5.74, 6) is -0.272. The van der Waals surface area contributed by atoms with Crippen LogP contribution in [0.1, 0.15) is 15.9 Å². The first-order valence-electron chi connectivity index (χ1n) is 10.9. The third-order valence-electron chi connectivity index (χ3n) is 5.53. The number of hydrogen-bond donors (Lipinski definition) is 2. The van der Waals surface area contributed by atoms with Crippen molar-refractivity contribution in [1.82, 2.24) is 14.6 Å². The van der Waals surface area contributed by atoms with Crippen molar-refractivity contribution in [3.63, 3.8) is 0 Å². The Morgan fingerprint density at radius 3 is 2.31 bits per heavy atom. The maximum Gasteiger partial charge on any atom is 0.261 e. The summed E-state index contributed by atoms with van der Waals surface area (Å²) in [6, 6.07) is 22.2. The Morgan fingerprint density at radius 2 is 1.66 bits per heavy atom. The molecule has 0 aliphatic rings. The number of anilines is 3. The number of nitrogens with one attached hydrogen (secondary N) is 1. The van der Waals surface area contributed by atoms with Crippen LogP contribution in [0.3, 0.4) is 0 Å². The fraction of sp³-hybridized carbons (Fsp3) is 0.0769. The van der Waals surface area contributed by atoms with E-state index in [1.54, 1.807) is 30.5 Å². The number of nitrogen functional groups attached to an aromatic ring is 1. The maximum absolute atomic E-state index is 13.3. The van der Waals surface area contributed by atoms with Crippen LogP contribution in [0.4, 0.5) is 17.2 Å². The van der Waals surface area contributed by atoms with Crippen LogP contribution in [-0.2, 0) is 0 Å². The van der Waals surface area contributed by atoms with Gasteiger partial charge in [-0.05, 0) is 54.1 Å². The van der Waals surface area contributed by atoms with Gasteiger partial charge in [0.1, 0.15) is 16.9 Å². The van der Waals surface area contributed by atoms with Crippen LogP contribution in [0.15, 0.2) is 77.9 Å². The van der Waals surface area contributed by atoms with E-state index in [4.69, 9.17) is 27.3 Å². The normalized spacial score (nSPS) is 11.4. The van der Waals surface area contributed by atoms with Crippen molar-refractivity contribution in [1.29, 1.82) is 0 Å². The number of halogens is 1. The number of nitrogens with zero attached hydrogens (tertiary/aromatic N) is 5. The average Bonchev–Trinajstić information content (AvgIpc) is 3.13. The molecular weight excluding hydrogens is 462 g/mol. The van der Waals surface area contributed by atoms with Gasteiger partial charge in [-0.3, -0.25) is 4.79 Å². The zero-order chi connectivity index (χ0) is 24.5. The number of nitrogens with two attached hydrogens (primary N) is 1. The summed E-state index contributed by atoms with van der Waals surface area (Å²) in [6.45, 7) is 0. The summed E-state index contributed by atoms with van der Waals surface area (Å²) in [6.07, 6.45) is 1.67. The molecule has 1 amide bonds. The van der Waals surface area contributed by atoms with E-state index in [0.717, 1.165) is 11.3 Å². The highest BCUT2D eigenvalue weighted by Crippen LogP contribution is 2.29. The molecule has 5 aromatic rings. The monoisotopic (exact) mass is 483 g/mol. The first-order chi connectivity index (χ1) is 16.9. The number of amides is 1. The topological polar surface area (TPSA) is 101 Å². The Kier molecular flexibility index (Phi) is 5.80. The quantitative estimate of drug-likeness (QED) is 0.342. The standard InChI is InChI=1S/C26H22ClN7O/c1-33(2)19-13-7-16(8-14-19)15-29-34-24(28)22(26(35)30-18-11-9-17(27)10-12-18)23-25(34)32-21-6-4-3-5-20(21)31-23/h3-15H,28H2,1-2H3,(H,30,35)/b29-15+. The number of para-hydroxylation sites is 2. The molecule has 0 bridgehead atoms. The van der Waals surface area contributed by atoms with Crippen molar-refractivity contribution < 1.29 is 4.79 Å². The zero-order valence-corrected chi connectivity index (χ0v) is 19.9. The van der Waals surface area contributed by atoms with Gasteiger partial charge in [0.25, 0.3) is 5.91 Å². The molecule has 5 rings (SSSR count). The van der Waals surface area contributed by atoms with Gasteiger partial charge in [0.05, 0.1) is 17.2 Å². The smallest absolute Gasteiger partial charge is 0.261 e. The highest BCUT2D eigenvalue weighted by Gasteiger charge is 2.24. The maximum atomic E-state index is 13.3. The second kappa shape index (κ2) is 9.08. The molecule has 3 N–H and O–H groups in total. The van der Waals surface area contributed by atoms with Crippen molar-refractivity contribution in [2.24, 2.45) is 5.10 Å². The summed E-state index contributed by atoms with van der Waals surface area (Å²) in [7, 11) is 3.96. The van der Waals surface area contributed by atoms with Gasteiger partial charge < -0.3 is 16.0 Å². The summed E-state index contributed by atoms with van der Waals surface area (Å²) in [4.78, 5) is 24.7. The van der Waals surface area contributed by atoms with Crippen LogP contribution in [0, 0.1) is 0 Å². The number of aromatic nitrogens is 3. The van der Waals surface area contributed by atoms with Crippen molar-refractivity contribution in [2.75, 3.05) is 30.0 Å². The Hall–Kier alpha value is -4.43. The van der Waals surface area contributed by atoms with E-state index in [1.165, 1.54) is 4.68 Å². The van der Waals surface area contributed by atoms with E-state index < -0.39 is 5.91 Å². The predicted molar refractivity (Wildman–Crippen MR) is 143 cm³/mol. The van der Waals surface area contributed by atoms with Crippen molar-refractivity contribution in [2.45, 2.75) is 0 Å². The molecule has 0 aliphatic carbocycles. The zero-order valence-electron chi connectivity index (χ0n) is 19.1. The Bertz CT molecular complexity index is 1570. The van der Waals surface area contributed by atoms with Gasteiger partial charge in [-0.2, -0.15) is 9.78 Å². The van der Waals surface area contributed by atoms with Gasteiger partial charge in [-0.15, -0.1) is 0 Å². The largest absolute Gasteiger partial charge is 0.383 e. The fourth-order valence-electron chi connectivity index (χ4n) is 3.70. The molecule has 9 heteroatoms. The van der Waals surface area contributed by atoms with Crippen LogP contribution < -0.4 is 16.0 Å². The Balaban J connectivity index is 1.61. The van der Waals surface area contributed by atoms with E-state index in [1.807, 2.05) is 67.5 Å². The minimum Gasteiger partial charge on any atom is -0.383 e. The lowest BCUT2D eigenvalue weighted by Gasteiger charge is -2.11. The van der Waals surface area contributed by atoms with Crippen molar-refractivity contribution in [3.8, 4) is 0 Å². The number of fused-ring (bicyclic) bond motifs is 2. The summed E-state index contributed by atoms with van der Waals surface area (Å²) < 4.78 is 1.45.